The number of piperidine rings is 1. The number of hydrogen-bond acceptors (Lipinski definition) is 4. The summed E-state index contributed by atoms with van der Waals surface area (Å²) in [5, 5.41) is 7.02. The Bertz CT molecular complexity index is 587. The maximum atomic E-state index is 5.73. The van der Waals surface area contributed by atoms with Crippen LogP contribution >= 0.6 is 0 Å². The molecule has 0 amide bonds. The molecule has 0 bridgehead atoms. The molecule has 0 saturated carbocycles. The monoisotopic (exact) mass is 272 g/mol. The molecule has 5 nitrogen and oxygen atoms in total. The lowest BCUT2D eigenvalue weighted by Crippen LogP contribution is -2.29. The molecule has 5 heteroatoms. The van der Waals surface area contributed by atoms with Crippen LogP contribution in [0.25, 0.3) is 11.3 Å². The van der Waals surface area contributed by atoms with E-state index in [1.54, 1.807) is 7.11 Å². The predicted molar refractivity (Wildman–Crippen MR) is 81.1 cm³/mol. The van der Waals surface area contributed by atoms with Crippen LogP contribution in [0.15, 0.2) is 24.3 Å². The van der Waals surface area contributed by atoms with Gasteiger partial charge in [-0.15, -0.1) is 0 Å². The third kappa shape index (κ3) is 2.43. The number of aromatic nitrogens is 2. The van der Waals surface area contributed by atoms with Crippen molar-refractivity contribution in [3.63, 3.8) is 0 Å². The fourth-order valence-corrected chi connectivity index (χ4v) is 2.74. The van der Waals surface area contributed by atoms with E-state index in [1.165, 1.54) is 24.9 Å². The maximum Gasteiger partial charge on any atom is 0.145 e. The van der Waals surface area contributed by atoms with Crippen molar-refractivity contribution in [1.29, 1.82) is 0 Å². The lowest BCUT2D eigenvalue weighted by Gasteiger charge is -2.30. The first-order valence-electron chi connectivity index (χ1n) is 7.02. The molecule has 0 atom stereocenters. The first-order valence-corrected chi connectivity index (χ1v) is 7.02. The first kappa shape index (κ1) is 12.8. The summed E-state index contributed by atoms with van der Waals surface area (Å²) in [4.78, 5) is 2.43. The molecule has 1 saturated heterocycles. The standard InChI is InChI=1S/C15H20N4O/c1-20-11-5-6-14(19-7-3-2-4-8-19)12(9-11)13-10-15(16)18-17-13/h5-6,9-10H,2-4,7-8H2,1H3,(H3,16,17,18). The molecule has 1 aliphatic heterocycles. The highest BCUT2D eigenvalue weighted by Gasteiger charge is 2.17. The third-order valence-corrected chi connectivity index (χ3v) is 3.79. The smallest absolute Gasteiger partial charge is 0.145 e. The van der Waals surface area contributed by atoms with E-state index in [0.29, 0.717) is 5.82 Å². The average Bonchev–Trinajstić information content (AvgIpc) is 2.94. The Morgan fingerprint density at radius 3 is 2.65 bits per heavy atom. The summed E-state index contributed by atoms with van der Waals surface area (Å²) < 4.78 is 5.34. The van der Waals surface area contributed by atoms with Gasteiger partial charge >= 0.3 is 0 Å². The second-order valence-electron chi connectivity index (χ2n) is 5.14. The number of nitrogen functional groups attached to an aromatic ring is 1. The van der Waals surface area contributed by atoms with Gasteiger partial charge in [0, 0.05) is 30.4 Å². The first-order chi connectivity index (χ1) is 9.78. The molecule has 2 heterocycles. The van der Waals surface area contributed by atoms with Gasteiger partial charge in [-0.1, -0.05) is 0 Å². The van der Waals surface area contributed by atoms with E-state index in [0.717, 1.165) is 30.1 Å². The molecule has 3 rings (SSSR count). The number of benzene rings is 1. The quantitative estimate of drug-likeness (QED) is 0.901. The molecular weight excluding hydrogens is 252 g/mol. The zero-order valence-corrected chi connectivity index (χ0v) is 11.7. The van der Waals surface area contributed by atoms with Crippen molar-refractivity contribution >= 4 is 11.5 Å². The van der Waals surface area contributed by atoms with Crippen molar-refractivity contribution in [2.24, 2.45) is 0 Å². The Labute approximate surface area is 118 Å². The molecule has 20 heavy (non-hydrogen) atoms. The van der Waals surface area contributed by atoms with Gasteiger partial charge in [-0.3, -0.25) is 5.10 Å². The van der Waals surface area contributed by atoms with Gasteiger partial charge in [0.2, 0.25) is 0 Å². The predicted octanol–water partition coefficient (Wildman–Crippen LogP) is 2.66. The second-order valence-corrected chi connectivity index (χ2v) is 5.14. The topological polar surface area (TPSA) is 67.2 Å². The summed E-state index contributed by atoms with van der Waals surface area (Å²) in [5.74, 6) is 1.35. The number of hydrogen-bond donors (Lipinski definition) is 2. The molecule has 3 N–H and O–H groups in total. The Balaban J connectivity index is 2.03. The van der Waals surface area contributed by atoms with Crippen molar-refractivity contribution in [2.75, 3.05) is 30.8 Å². The van der Waals surface area contributed by atoms with Gasteiger partial charge in [-0.2, -0.15) is 5.10 Å². The van der Waals surface area contributed by atoms with Crippen LogP contribution < -0.4 is 15.4 Å². The van der Waals surface area contributed by atoms with Gasteiger partial charge < -0.3 is 15.4 Å². The summed E-state index contributed by atoms with van der Waals surface area (Å²) in [7, 11) is 1.68. The lowest BCUT2D eigenvalue weighted by atomic mass is 10.0. The van der Waals surface area contributed by atoms with Crippen LogP contribution in [0.3, 0.4) is 0 Å². The van der Waals surface area contributed by atoms with Gasteiger partial charge in [0.1, 0.15) is 11.6 Å². The Hall–Kier alpha value is -2.17. The SMILES string of the molecule is COc1ccc(N2CCCCC2)c(-c2cc(N)n[nH]2)c1. The summed E-state index contributed by atoms with van der Waals surface area (Å²) in [6.07, 6.45) is 3.81. The van der Waals surface area contributed by atoms with Crippen molar-refractivity contribution in [3.8, 4) is 17.0 Å². The van der Waals surface area contributed by atoms with E-state index in [2.05, 4.69) is 21.2 Å². The van der Waals surface area contributed by atoms with E-state index in [1.807, 2.05) is 18.2 Å². The third-order valence-electron chi connectivity index (χ3n) is 3.79. The fourth-order valence-electron chi connectivity index (χ4n) is 2.74. The molecule has 1 fully saturated rings. The van der Waals surface area contributed by atoms with Crippen LogP contribution in [-0.2, 0) is 0 Å². The van der Waals surface area contributed by atoms with E-state index in [-0.39, 0.29) is 0 Å². The minimum Gasteiger partial charge on any atom is -0.497 e. The Morgan fingerprint density at radius 2 is 2.00 bits per heavy atom. The van der Waals surface area contributed by atoms with Crippen molar-refractivity contribution in [3.05, 3.63) is 24.3 Å². The highest BCUT2D eigenvalue weighted by molar-refractivity contribution is 5.79. The van der Waals surface area contributed by atoms with Gasteiger partial charge in [0.05, 0.1) is 12.8 Å². The molecule has 106 valence electrons. The average molecular weight is 272 g/mol. The number of nitrogens with zero attached hydrogens (tertiary/aromatic N) is 2. The minimum absolute atomic E-state index is 0.507. The number of nitrogens with two attached hydrogens (primary N) is 1. The van der Waals surface area contributed by atoms with Gasteiger partial charge in [0.25, 0.3) is 0 Å². The van der Waals surface area contributed by atoms with E-state index in [4.69, 9.17) is 10.5 Å². The number of H-pyrrole nitrogens is 1. The number of aromatic amines is 1. The van der Waals surface area contributed by atoms with E-state index < -0.39 is 0 Å². The van der Waals surface area contributed by atoms with Crippen LogP contribution in [0.4, 0.5) is 11.5 Å². The molecule has 0 unspecified atom stereocenters. The number of nitrogens with one attached hydrogen (secondary N) is 1. The second kappa shape index (κ2) is 5.45. The molecule has 0 radical (unpaired) electrons. The van der Waals surface area contributed by atoms with Gasteiger partial charge in [-0.25, -0.2) is 0 Å². The van der Waals surface area contributed by atoms with Crippen LogP contribution in [0.1, 0.15) is 19.3 Å². The van der Waals surface area contributed by atoms with Crippen LogP contribution in [0.5, 0.6) is 5.75 Å². The van der Waals surface area contributed by atoms with Gasteiger partial charge in [-0.05, 0) is 37.5 Å². The largest absolute Gasteiger partial charge is 0.497 e. The molecular formula is C15H20N4O. The van der Waals surface area contributed by atoms with E-state index >= 15 is 0 Å². The summed E-state index contributed by atoms with van der Waals surface area (Å²) in [6, 6.07) is 8.03. The number of rotatable bonds is 3. The molecule has 1 aromatic heterocycles. The zero-order valence-electron chi connectivity index (χ0n) is 11.7. The Kier molecular flexibility index (Phi) is 3.50. The lowest BCUT2D eigenvalue weighted by molar-refractivity contribution is 0.415. The summed E-state index contributed by atoms with van der Waals surface area (Å²) in [5.41, 5.74) is 8.97. The van der Waals surface area contributed by atoms with Crippen molar-refractivity contribution < 1.29 is 4.74 Å². The van der Waals surface area contributed by atoms with Crippen LogP contribution in [-0.4, -0.2) is 30.4 Å². The fraction of sp³-hybridized carbons (Fsp3) is 0.400. The number of methoxy groups -OCH3 is 1. The zero-order chi connectivity index (χ0) is 13.9. The highest BCUT2D eigenvalue weighted by atomic mass is 16.5. The van der Waals surface area contributed by atoms with Crippen LogP contribution in [0, 0.1) is 0 Å². The maximum absolute atomic E-state index is 5.73. The Morgan fingerprint density at radius 1 is 1.20 bits per heavy atom. The molecule has 1 aromatic carbocycles. The molecule has 2 aromatic rings. The van der Waals surface area contributed by atoms with Crippen molar-refractivity contribution in [2.45, 2.75) is 19.3 Å². The molecule has 0 spiro atoms. The summed E-state index contributed by atoms with van der Waals surface area (Å²) in [6.45, 7) is 2.20. The molecule has 0 aliphatic carbocycles. The minimum atomic E-state index is 0.507. The van der Waals surface area contributed by atoms with Crippen molar-refractivity contribution in [1.82, 2.24) is 10.2 Å². The normalized spacial score (nSPS) is 15.3. The van der Waals surface area contributed by atoms with Crippen LogP contribution in [0.2, 0.25) is 0 Å². The number of ether oxygens (including phenoxy) is 1. The molecule has 1 aliphatic rings. The van der Waals surface area contributed by atoms with E-state index in [9.17, 15) is 0 Å². The highest BCUT2D eigenvalue weighted by Crippen LogP contribution is 2.35. The van der Waals surface area contributed by atoms with Gasteiger partial charge in [0.15, 0.2) is 0 Å². The summed E-state index contributed by atoms with van der Waals surface area (Å²) >= 11 is 0. The number of anilines is 2.